The maximum Gasteiger partial charge on any atom is 0.335 e. The predicted molar refractivity (Wildman–Crippen MR) is 127 cm³/mol. The molecule has 0 saturated heterocycles. The summed E-state index contributed by atoms with van der Waals surface area (Å²) in [4.78, 5) is 40.2. The molecule has 168 valence electrons. The molecule has 5 rings (SSSR count). The number of carboxylic acids is 2. The van der Waals surface area contributed by atoms with Crippen LogP contribution in [0.1, 0.15) is 22.3 Å². The zero-order valence-corrected chi connectivity index (χ0v) is 18.9. The number of aromatic carboxylic acids is 1. The molecule has 1 aromatic heterocycles. The number of amides is 1. The van der Waals surface area contributed by atoms with E-state index in [1.807, 2.05) is 24.3 Å². The molecule has 0 spiro atoms. The fraction of sp³-hybridized carbons (Fsp3) is 0.250. The molecule has 2 bridgehead atoms. The van der Waals surface area contributed by atoms with Crippen LogP contribution in [0.5, 0.6) is 0 Å². The standard InChI is InChI=1S/C24H20N2O5S2/c27-21(19-14-5-6-15(9-14)20(19)23(30)31)25-16-7-8-17-18(10-16)33-24(26-17)32-11-12-1-3-13(4-2-12)22(28)29/h1-8,10,14-15,19-20H,9,11H2,(H,25,27)(H,28,29)(H,30,31)/t14-,15-,19+,20-/m0/s1. The zero-order valence-electron chi connectivity index (χ0n) is 17.3. The molecule has 2 aliphatic carbocycles. The van der Waals surface area contributed by atoms with Crippen LogP contribution in [-0.4, -0.2) is 33.0 Å². The summed E-state index contributed by atoms with van der Waals surface area (Å²) in [7, 11) is 0. The smallest absolute Gasteiger partial charge is 0.335 e. The van der Waals surface area contributed by atoms with Crippen molar-refractivity contribution < 1.29 is 24.6 Å². The molecule has 7 nitrogen and oxygen atoms in total. The fourth-order valence-corrected chi connectivity index (χ4v) is 6.74. The van der Waals surface area contributed by atoms with Gasteiger partial charge in [0, 0.05) is 11.4 Å². The molecule has 1 fully saturated rings. The van der Waals surface area contributed by atoms with Gasteiger partial charge in [0.15, 0.2) is 4.34 Å². The van der Waals surface area contributed by atoms with Crippen molar-refractivity contribution >= 4 is 56.8 Å². The van der Waals surface area contributed by atoms with E-state index in [4.69, 9.17) is 5.11 Å². The highest BCUT2D eigenvalue weighted by atomic mass is 32.2. The molecule has 0 radical (unpaired) electrons. The summed E-state index contributed by atoms with van der Waals surface area (Å²) in [5.41, 5.74) is 2.72. The first kappa shape index (κ1) is 21.7. The highest BCUT2D eigenvalue weighted by molar-refractivity contribution is 8.00. The van der Waals surface area contributed by atoms with Crippen LogP contribution in [0.25, 0.3) is 10.2 Å². The Hall–Kier alpha value is -3.17. The van der Waals surface area contributed by atoms with Crippen LogP contribution in [0.2, 0.25) is 0 Å². The van der Waals surface area contributed by atoms with Gasteiger partial charge in [0.05, 0.1) is 27.6 Å². The quantitative estimate of drug-likeness (QED) is 0.330. The number of benzene rings is 2. The summed E-state index contributed by atoms with van der Waals surface area (Å²) in [5.74, 6) is -2.74. The van der Waals surface area contributed by atoms with Gasteiger partial charge in [-0.25, -0.2) is 9.78 Å². The molecule has 3 N–H and O–H groups in total. The summed E-state index contributed by atoms with van der Waals surface area (Å²) >= 11 is 3.08. The van der Waals surface area contributed by atoms with E-state index in [1.165, 1.54) is 11.3 Å². The monoisotopic (exact) mass is 480 g/mol. The average molecular weight is 481 g/mol. The van der Waals surface area contributed by atoms with Crippen molar-refractivity contribution in [1.29, 1.82) is 0 Å². The number of aliphatic carboxylic acids is 1. The van der Waals surface area contributed by atoms with Crippen LogP contribution in [0.3, 0.4) is 0 Å². The van der Waals surface area contributed by atoms with Gasteiger partial charge >= 0.3 is 11.9 Å². The minimum absolute atomic E-state index is 0.0178. The Kier molecular flexibility index (Phi) is 5.67. The summed E-state index contributed by atoms with van der Waals surface area (Å²) in [5, 5.41) is 21.5. The molecule has 1 amide bonds. The van der Waals surface area contributed by atoms with Gasteiger partial charge in [-0.05, 0) is 54.2 Å². The van der Waals surface area contributed by atoms with E-state index >= 15 is 0 Å². The summed E-state index contributed by atoms with van der Waals surface area (Å²) in [6.07, 6.45) is 4.62. The zero-order chi connectivity index (χ0) is 23.1. The summed E-state index contributed by atoms with van der Waals surface area (Å²) in [6.45, 7) is 0. The molecule has 3 aromatic rings. The van der Waals surface area contributed by atoms with Crippen LogP contribution < -0.4 is 5.32 Å². The minimum Gasteiger partial charge on any atom is -0.481 e. The Labute approximate surface area is 197 Å². The van der Waals surface area contributed by atoms with E-state index in [9.17, 15) is 19.5 Å². The second-order valence-corrected chi connectivity index (χ2v) is 10.5. The third kappa shape index (κ3) is 4.26. The lowest BCUT2D eigenvalue weighted by Crippen LogP contribution is -2.36. The first-order valence-corrected chi connectivity index (χ1v) is 12.3. The molecule has 9 heteroatoms. The van der Waals surface area contributed by atoms with E-state index in [0.29, 0.717) is 11.4 Å². The number of carbonyl (C=O) groups excluding carboxylic acids is 1. The molecule has 1 heterocycles. The van der Waals surface area contributed by atoms with Crippen LogP contribution >= 0.6 is 23.1 Å². The Morgan fingerprint density at radius 1 is 1.03 bits per heavy atom. The number of thiazole rings is 1. The molecule has 0 unspecified atom stereocenters. The number of thioether (sulfide) groups is 1. The number of hydrogen-bond donors (Lipinski definition) is 3. The number of rotatable bonds is 7. The van der Waals surface area contributed by atoms with Gasteiger partial charge in [0.2, 0.25) is 5.91 Å². The maximum atomic E-state index is 12.9. The van der Waals surface area contributed by atoms with E-state index in [1.54, 1.807) is 42.1 Å². The van der Waals surface area contributed by atoms with Crippen LogP contribution in [0.4, 0.5) is 5.69 Å². The Morgan fingerprint density at radius 2 is 1.76 bits per heavy atom. The molecular weight excluding hydrogens is 460 g/mol. The van der Waals surface area contributed by atoms with Crippen molar-refractivity contribution in [1.82, 2.24) is 4.98 Å². The SMILES string of the molecule is O=C(O)c1ccc(CSc2nc3ccc(NC(=O)[C@H]4[C@@H](C(=O)O)[C@H]5C=C[C@H]4C5)cc3s2)cc1. The van der Waals surface area contributed by atoms with Gasteiger partial charge in [-0.3, -0.25) is 9.59 Å². The van der Waals surface area contributed by atoms with Gasteiger partial charge in [0.25, 0.3) is 0 Å². The number of hydrogen-bond acceptors (Lipinski definition) is 6. The lowest BCUT2D eigenvalue weighted by molar-refractivity contribution is -0.146. The number of fused-ring (bicyclic) bond motifs is 3. The lowest BCUT2D eigenvalue weighted by atomic mass is 9.82. The number of anilines is 1. The molecule has 4 atom stereocenters. The van der Waals surface area contributed by atoms with Crippen molar-refractivity contribution in [3.05, 3.63) is 65.7 Å². The number of carbonyl (C=O) groups is 3. The van der Waals surface area contributed by atoms with Gasteiger partial charge in [0.1, 0.15) is 0 Å². The second-order valence-electron chi connectivity index (χ2n) is 8.28. The van der Waals surface area contributed by atoms with Gasteiger partial charge < -0.3 is 15.5 Å². The Morgan fingerprint density at radius 3 is 2.45 bits per heavy atom. The molecule has 2 aliphatic rings. The number of aromatic nitrogens is 1. The van der Waals surface area contributed by atoms with Crippen LogP contribution in [0.15, 0.2) is 59.0 Å². The fourth-order valence-electron chi connectivity index (χ4n) is 4.67. The number of carboxylic acid groups (broad SMARTS) is 2. The molecule has 33 heavy (non-hydrogen) atoms. The topological polar surface area (TPSA) is 117 Å². The molecule has 2 aromatic carbocycles. The van der Waals surface area contributed by atoms with Gasteiger partial charge in [-0.1, -0.05) is 36.0 Å². The van der Waals surface area contributed by atoms with Crippen molar-refractivity contribution in [2.24, 2.45) is 23.7 Å². The molecule has 1 saturated carbocycles. The highest BCUT2D eigenvalue weighted by Gasteiger charge is 2.51. The Bertz CT molecular complexity index is 1280. The van der Waals surface area contributed by atoms with Crippen molar-refractivity contribution in [2.45, 2.75) is 16.5 Å². The third-order valence-corrected chi connectivity index (χ3v) is 8.48. The first-order valence-electron chi connectivity index (χ1n) is 10.5. The van der Waals surface area contributed by atoms with Crippen molar-refractivity contribution in [3.8, 4) is 0 Å². The van der Waals surface area contributed by atoms with Crippen molar-refractivity contribution in [3.63, 3.8) is 0 Å². The summed E-state index contributed by atoms with van der Waals surface area (Å²) in [6, 6.07) is 12.3. The highest BCUT2D eigenvalue weighted by Crippen LogP contribution is 2.48. The second kappa shape index (κ2) is 8.64. The molecular formula is C24H20N2O5S2. The van der Waals surface area contributed by atoms with Gasteiger partial charge in [-0.15, -0.1) is 11.3 Å². The number of nitrogens with one attached hydrogen (secondary N) is 1. The normalized spacial score (nSPS) is 23.2. The average Bonchev–Trinajstić information content (AvgIpc) is 3.51. The van der Waals surface area contributed by atoms with Crippen molar-refractivity contribution in [2.75, 3.05) is 5.32 Å². The van der Waals surface area contributed by atoms with E-state index in [0.717, 1.165) is 26.5 Å². The lowest BCUT2D eigenvalue weighted by Gasteiger charge is -2.23. The third-order valence-electron chi connectivity index (χ3n) is 6.25. The molecule has 0 aliphatic heterocycles. The number of allylic oxidation sites excluding steroid dienone is 2. The minimum atomic E-state index is -0.946. The Balaban J connectivity index is 1.26. The van der Waals surface area contributed by atoms with E-state index < -0.39 is 23.8 Å². The van der Waals surface area contributed by atoms with E-state index in [2.05, 4.69) is 10.3 Å². The van der Waals surface area contributed by atoms with E-state index in [-0.39, 0.29) is 23.3 Å². The summed E-state index contributed by atoms with van der Waals surface area (Å²) < 4.78 is 1.80. The largest absolute Gasteiger partial charge is 0.481 e. The van der Waals surface area contributed by atoms with Gasteiger partial charge in [-0.2, -0.15) is 0 Å². The van der Waals surface area contributed by atoms with Crippen LogP contribution in [-0.2, 0) is 15.3 Å². The maximum absolute atomic E-state index is 12.9. The van der Waals surface area contributed by atoms with Crippen LogP contribution in [0, 0.1) is 23.7 Å². The first-order chi connectivity index (χ1) is 15.9. The number of nitrogens with zero attached hydrogens (tertiary/aromatic N) is 1. The predicted octanol–water partition coefficient (Wildman–Crippen LogP) is 4.75.